The summed E-state index contributed by atoms with van der Waals surface area (Å²) in [6.45, 7) is 5.40. The van der Waals surface area contributed by atoms with Crippen LogP contribution < -0.4 is 0 Å². The maximum Gasteiger partial charge on any atom is 0.338 e. The predicted octanol–water partition coefficient (Wildman–Crippen LogP) is 0.766. The number of rotatable bonds is 5. The van der Waals surface area contributed by atoms with Gasteiger partial charge in [-0.3, -0.25) is 0 Å². The number of ether oxygens (including phenoxy) is 3. The minimum Gasteiger partial charge on any atom is -0.466 e. The molecule has 0 aromatic rings. The summed E-state index contributed by atoms with van der Waals surface area (Å²) in [6.07, 6.45) is 1.87. The fourth-order valence-corrected chi connectivity index (χ4v) is 0.541. The Labute approximate surface area is 81.9 Å². The van der Waals surface area contributed by atoms with Gasteiger partial charge in [-0.15, -0.1) is 0 Å². The zero-order valence-corrected chi connectivity index (χ0v) is 8.11. The normalized spacial score (nSPS) is 9.57. The smallest absolute Gasteiger partial charge is 0.338 e. The van der Waals surface area contributed by atoms with Crippen LogP contribution >= 0.6 is 0 Å². The van der Waals surface area contributed by atoms with E-state index in [1.165, 1.54) is 7.11 Å². The van der Waals surface area contributed by atoms with E-state index in [-0.39, 0.29) is 5.95 Å². The largest absolute Gasteiger partial charge is 0.466 e. The average Bonchev–Trinajstić information content (AvgIpc) is 2.14. The summed E-state index contributed by atoms with van der Waals surface area (Å²) in [5, 5.41) is 0. The molecular weight excluding hydrogens is 188 g/mol. The Kier molecular flexibility index (Phi) is 5.85. The van der Waals surface area contributed by atoms with Crippen LogP contribution in [0.25, 0.3) is 0 Å². The maximum absolute atomic E-state index is 10.9. The molecule has 0 radical (unpaired) electrons. The number of carbonyl (C=O) groups excluding carboxylic acids is 2. The van der Waals surface area contributed by atoms with Crippen LogP contribution in [-0.2, 0) is 23.8 Å². The highest BCUT2D eigenvalue weighted by Crippen LogP contribution is 1.97. The molecule has 14 heavy (non-hydrogen) atoms. The lowest BCUT2D eigenvalue weighted by molar-refractivity contribution is -0.140. The standard InChI is InChI=1S/C9H12O5/c1-4-13-7(2)14-9(11)6-5-8(10)12-3/h5-6H,2,4H2,1,3H3/b6-5-. The first-order valence-electron chi connectivity index (χ1n) is 3.89. The highest BCUT2D eigenvalue weighted by atomic mass is 16.7. The van der Waals surface area contributed by atoms with Gasteiger partial charge in [0.25, 0.3) is 5.95 Å². The van der Waals surface area contributed by atoms with Crippen LogP contribution in [0.1, 0.15) is 6.92 Å². The van der Waals surface area contributed by atoms with E-state index < -0.39 is 11.9 Å². The molecule has 78 valence electrons. The van der Waals surface area contributed by atoms with Crippen LogP contribution in [0.15, 0.2) is 24.7 Å². The monoisotopic (exact) mass is 200 g/mol. The number of esters is 2. The molecule has 0 aromatic heterocycles. The molecule has 0 saturated heterocycles. The molecule has 0 aromatic carbocycles. The van der Waals surface area contributed by atoms with E-state index in [0.717, 1.165) is 12.2 Å². The topological polar surface area (TPSA) is 61.8 Å². The molecule has 0 aliphatic rings. The second kappa shape index (κ2) is 6.71. The highest BCUT2D eigenvalue weighted by Gasteiger charge is 2.02. The molecule has 0 atom stereocenters. The van der Waals surface area contributed by atoms with E-state index in [2.05, 4.69) is 16.1 Å². The minimum absolute atomic E-state index is 0.105. The van der Waals surface area contributed by atoms with Crippen LogP contribution in [0, 0.1) is 0 Å². The van der Waals surface area contributed by atoms with Gasteiger partial charge in [0.2, 0.25) is 0 Å². The number of methoxy groups -OCH3 is 1. The summed E-state index contributed by atoms with van der Waals surface area (Å²) in [7, 11) is 1.21. The van der Waals surface area contributed by atoms with Gasteiger partial charge < -0.3 is 14.2 Å². The molecule has 0 aliphatic carbocycles. The molecule has 0 saturated carbocycles. The Hall–Kier alpha value is -1.78. The van der Waals surface area contributed by atoms with Gasteiger partial charge in [-0.05, 0) is 13.5 Å². The summed E-state index contributed by atoms with van der Waals surface area (Å²) >= 11 is 0. The average molecular weight is 200 g/mol. The molecule has 5 heteroatoms. The third-order valence-electron chi connectivity index (χ3n) is 1.08. The van der Waals surface area contributed by atoms with Crippen molar-refractivity contribution in [3.8, 4) is 0 Å². The Morgan fingerprint density at radius 1 is 1.29 bits per heavy atom. The van der Waals surface area contributed by atoms with Gasteiger partial charge in [0.15, 0.2) is 0 Å². The third-order valence-corrected chi connectivity index (χ3v) is 1.08. The van der Waals surface area contributed by atoms with Gasteiger partial charge in [-0.25, -0.2) is 9.59 Å². The zero-order chi connectivity index (χ0) is 11.0. The Morgan fingerprint density at radius 2 is 1.86 bits per heavy atom. The quantitative estimate of drug-likeness (QED) is 0.372. The van der Waals surface area contributed by atoms with E-state index in [9.17, 15) is 9.59 Å². The maximum atomic E-state index is 10.9. The van der Waals surface area contributed by atoms with Gasteiger partial charge >= 0.3 is 11.9 Å². The number of hydrogen-bond acceptors (Lipinski definition) is 5. The molecule has 0 bridgehead atoms. The van der Waals surface area contributed by atoms with Crippen molar-refractivity contribution in [2.24, 2.45) is 0 Å². The first-order valence-corrected chi connectivity index (χ1v) is 3.89. The molecule has 5 nitrogen and oxygen atoms in total. The summed E-state index contributed by atoms with van der Waals surface area (Å²) in [6, 6.07) is 0. The van der Waals surface area contributed by atoms with Crippen molar-refractivity contribution >= 4 is 11.9 Å². The lowest BCUT2D eigenvalue weighted by atomic mass is 10.5. The number of carbonyl (C=O) groups is 2. The van der Waals surface area contributed by atoms with Crippen molar-refractivity contribution < 1.29 is 23.8 Å². The van der Waals surface area contributed by atoms with E-state index >= 15 is 0 Å². The van der Waals surface area contributed by atoms with Gasteiger partial charge in [0.1, 0.15) is 0 Å². The number of hydrogen-bond donors (Lipinski definition) is 0. The van der Waals surface area contributed by atoms with E-state index in [1.807, 2.05) is 0 Å². The van der Waals surface area contributed by atoms with E-state index in [1.54, 1.807) is 6.92 Å². The summed E-state index contributed by atoms with van der Waals surface area (Å²) in [5.74, 6) is -1.48. The van der Waals surface area contributed by atoms with Crippen molar-refractivity contribution in [3.05, 3.63) is 24.7 Å². The summed E-state index contributed by atoms with van der Waals surface area (Å²) < 4.78 is 13.6. The summed E-state index contributed by atoms with van der Waals surface area (Å²) in [5.41, 5.74) is 0. The van der Waals surface area contributed by atoms with Crippen molar-refractivity contribution in [3.63, 3.8) is 0 Å². The van der Waals surface area contributed by atoms with Crippen molar-refractivity contribution in [1.29, 1.82) is 0 Å². The van der Waals surface area contributed by atoms with Crippen LogP contribution in [0.5, 0.6) is 0 Å². The van der Waals surface area contributed by atoms with Crippen molar-refractivity contribution in [2.75, 3.05) is 13.7 Å². The van der Waals surface area contributed by atoms with Gasteiger partial charge in [0.05, 0.1) is 13.7 Å². The Balaban J connectivity index is 3.92. The van der Waals surface area contributed by atoms with Crippen LogP contribution in [0.3, 0.4) is 0 Å². The molecule has 0 unspecified atom stereocenters. The van der Waals surface area contributed by atoms with Crippen LogP contribution in [-0.4, -0.2) is 25.7 Å². The van der Waals surface area contributed by atoms with Crippen LogP contribution in [0.4, 0.5) is 0 Å². The fraction of sp³-hybridized carbons (Fsp3) is 0.333. The van der Waals surface area contributed by atoms with E-state index in [4.69, 9.17) is 4.74 Å². The van der Waals surface area contributed by atoms with Crippen molar-refractivity contribution in [1.82, 2.24) is 0 Å². The highest BCUT2D eigenvalue weighted by molar-refractivity contribution is 5.91. The first-order chi connectivity index (χ1) is 6.60. The third kappa shape index (κ3) is 5.82. The lowest BCUT2D eigenvalue weighted by Crippen LogP contribution is -2.04. The molecule has 0 spiro atoms. The molecule has 0 fully saturated rings. The Bertz CT molecular complexity index is 254. The second-order valence-corrected chi connectivity index (χ2v) is 2.08. The fourth-order valence-electron chi connectivity index (χ4n) is 0.541. The Morgan fingerprint density at radius 3 is 2.36 bits per heavy atom. The first kappa shape index (κ1) is 12.2. The molecule has 0 aliphatic heterocycles. The predicted molar refractivity (Wildman–Crippen MR) is 48.0 cm³/mol. The molecule has 0 N–H and O–H groups in total. The zero-order valence-electron chi connectivity index (χ0n) is 8.11. The van der Waals surface area contributed by atoms with Crippen molar-refractivity contribution in [2.45, 2.75) is 6.92 Å². The van der Waals surface area contributed by atoms with Crippen LogP contribution in [0.2, 0.25) is 0 Å². The van der Waals surface area contributed by atoms with Gasteiger partial charge in [0, 0.05) is 12.2 Å². The molecule has 0 rings (SSSR count). The lowest BCUT2D eigenvalue weighted by Gasteiger charge is -2.04. The minimum atomic E-state index is -0.742. The summed E-state index contributed by atoms with van der Waals surface area (Å²) in [4.78, 5) is 21.4. The molecule has 0 heterocycles. The van der Waals surface area contributed by atoms with Gasteiger partial charge in [-0.1, -0.05) is 0 Å². The molecular formula is C9H12O5. The molecule has 0 amide bonds. The van der Waals surface area contributed by atoms with Gasteiger partial charge in [-0.2, -0.15) is 0 Å². The SMILES string of the molecule is C=C(OCC)OC(=O)/C=C\C(=O)OC. The van der Waals surface area contributed by atoms with E-state index in [0.29, 0.717) is 6.61 Å². The second-order valence-electron chi connectivity index (χ2n) is 2.08.